The van der Waals surface area contributed by atoms with E-state index < -0.39 is 85.8 Å². The first-order chi connectivity index (χ1) is 18.2. The third-order valence-electron chi connectivity index (χ3n) is 5.70. The highest BCUT2D eigenvalue weighted by atomic mass is 32.5. The molecule has 2 aliphatic rings. The molecule has 2 aliphatic heterocycles. The Kier molecular flexibility index (Phi) is 9.92. The molecule has 11 nitrogen and oxygen atoms in total. The van der Waals surface area contributed by atoms with Gasteiger partial charge in [-0.1, -0.05) is 18.2 Å². The molecule has 0 aliphatic carbocycles. The summed E-state index contributed by atoms with van der Waals surface area (Å²) >= 11 is 5.48. The summed E-state index contributed by atoms with van der Waals surface area (Å²) < 4.78 is 64.5. The molecule has 0 bridgehead atoms. The molecule has 0 saturated carbocycles. The Morgan fingerprint density at radius 3 is 2.49 bits per heavy atom. The Bertz CT molecular complexity index is 1160. The average molecular weight is 597 g/mol. The summed E-state index contributed by atoms with van der Waals surface area (Å²) in [5.74, 6) is -4.10. The van der Waals surface area contributed by atoms with E-state index in [2.05, 4.69) is 5.09 Å². The van der Waals surface area contributed by atoms with Crippen molar-refractivity contribution < 1.29 is 56.3 Å². The van der Waals surface area contributed by atoms with Crippen LogP contribution in [0.5, 0.6) is 5.75 Å². The van der Waals surface area contributed by atoms with Crippen LogP contribution in [0, 0.1) is 0 Å². The van der Waals surface area contributed by atoms with Gasteiger partial charge >= 0.3 is 12.6 Å². The first-order valence-electron chi connectivity index (χ1n) is 11.7. The van der Waals surface area contributed by atoms with Crippen molar-refractivity contribution in [1.82, 2.24) is 9.99 Å². The highest BCUT2D eigenvalue weighted by Crippen LogP contribution is 2.48. The summed E-state index contributed by atoms with van der Waals surface area (Å²) in [4.78, 5) is 36.5. The molecule has 1 unspecified atom stereocenters. The molecule has 1 aromatic rings. The van der Waals surface area contributed by atoms with Crippen molar-refractivity contribution in [2.75, 3.05) is 6.61 Å². The molecule has 0 radical (unpaired) electrons. The lowest BCUT2D eigenvalue weighted by Gasteiger charge is -2.35. The topological polar surface area (TPSA) is 144 Å². The van der Waals surface area contributed by atoms with Crippen molar-refractivity contribution in [3.8, 4) is 5.75 Å². The lowest BCUT2D eigenvalue weighted by atomic mass is 9.96. The number of amides is 1. The van der Waals surface area contributed by atoms with Crippen LogP contribution in [0.25, 0.3) is 0 Å². The number of hydrogen-bond acceptors (Lipinski definition) is 10. The lowest BCUT2D eigenvalue weighted by molar-refractivity contribution is -0.199. The number of carbonyl (C=O) groups excluding carboxylic acids is 3. The zero-order valence-electron chi connectivity index (χ0n) is 21.0. The minimum absolute atomic E-state index is 0.166. The van der Waals surface area contributed by atoms with Crippen LogP contribution in [-0.4, -0.2) is 82.0 Å². The van der Waals surface area contributed by atoms with Crippen molar-refractivity contribution in [2.45, 2.75) is 69.8 Å². The second-order valence-electron chi connectivity index (χ2n) is 9.09. The number of benzene rings is 1. The van der Waals surface area contributed by atoms with Crippen LogP contribution in [0.15, 0.2) is 42.4 Å². The van der Waals surface area contributed by atoms with Gasteiger partial charge in [0.1, 0.15) is 24.0 Å². The molecule has 6 atom stereocenters. The third kappa shape index (κ3) is 7.04. The molecular formula is C23H28F3N2O9PS. The zero-order valence-corrected chi connectivity index (χ0v) is 22.7. The van der Waals surface area contributed by atoms with Gasteiger partial charge in [-0.2, -0.15) is 0 Å². The van der Waals surface area contributed by atoms with E-state index in [1.807, 2.05) is 0 Å². The van der Waals surface area contributed by atoms with Gasteiger partial charge in [0.15, 0.2) is 17.7 Å². The number of esters is 1. The number of rotatable bonds is 11. The summed E-state index contributed by atoms with van der Waals surface area (Å²) in [7, 11) is 0. The summed E-state index contributed by atoms with van der Waals surface area (Å²) in [5.41, 5.74) is -2.97. The van der Waals surface area contributed by atoms with Gasteiger partial charge in [-0.15, -0.1) is 0 Å². The number of halogens is 3. The molecule has 39 heavy (non-hydrogen) atoms. The van der Waals surface area contributed by atoms with Gasteiger partial charge in [-0.25, -0.2) is 18.3 Å². The molecule has 1 saturated heterocycles. The maximum atomic E-state index is 14.5. The predicted molar refractivity (Wildman–Crippen MR) is 132 cm³/mol. The van der Waals surface area contributed by atoms with Gasteiger partial charge in [0.2, 0.25) is 11.7 Å². The van der Waals surface area contributed by atoms with Gasteiger partial charge in [-0.05, 0) is 44.7 Å². The smallest absolute Gasteiger partial charge is 0.323 e. The number of para-hydroxylation sites is 1. The molecule has 1 fully saturated rings. The Morgan fingerprint density at radius 1 is 1.26 bits per heavy atom. The lowest BCUT2D eigenvalue weighted by Crippen LogP contribution is -2.53. The van der Waals surface area contributed by atoms with E-state index in [4.69, 9.17) is 30.3 Å². The number of ether oxygens (including phenoxy) is 2. The quantitative estimate of drug-likeness (QED) is 0.196. The predicted octanol–water partition coefficient (Wildman–Crippen LogP) is 1.93. The standard InChI is InChI=1S/C23H28F3N2O9PS/c1-12(2)35-21(33)13(3)27-38(39,37-14-7-5-4-6-8-14)34-11-23(22(25)26)19(32)18(31)20(36-23)28-10-15(24)16(29)9-17(28)30/h4-8,10,12-13,18-20,22,31-32H,9,11H2,1-3H3,(H,27,39)/t13-,18+,19-,20+,23+,38?/m0/s1. The number of nitrogens with zero attached hydrogens (tertiary/aromatic N) is 1. The fourth-order valence-electron chi connectivity index (χ4n) is 3.71. The van der Waals surface area contributed by atoms with Crippen molar-refractivity contribution in [3.05, 3.63) is 42.4 Å². The normalized spacial score (nSPS) is 27.9. The number of ketones is 1. The number of hydrogen-bond donors (Lipinski definition) is 3. The van der Waals surface area contributed by atoms with Gasteiger partial charge in [0.05, 0.1) is 19.1 Å². The van der Waals surface area contributed by atoms with Crippen LogP contribution in [-0.2, 0) is 40.2 Å². The maximum Gasteiger partial charge on any atom is 0.323 e. The van der Waals surface area contributed by atoms with Gasteiger partial charge < -0.3 is 28.7 Å². The van der Waals surface area contributed by atoms with E-state index >= 15 is 0 Å². The first kappa shape index (κ1) is 31.1. The Labute approximate surface area is 227 Å². The summed E-state index contributed by atoms with van der Waals surface area (Å²) in [6, 6.07) is 6.76. The van der Waals surface area contributed by atoms with E-state index in [0.717, 1.165) is 0 Å². The molecular weight excluding hydrogens is 568 g/mol. The van der Waals surface area contributed by atoms with Crippen LogP contribution in [0.2, 0.25) is 0 Å². The molecule has 1 amide bonds. The second kappa shape index (κ2) is 12.4. The van der Waals surface area contributed by atoms with E-state index in [9.17, 15) is 37.8 Å². The second-order valence-corrected chi connectivity index (χ2v) is 12.2. The van der Waals surface area contributed by atoms with Crippen LogP contribution in [0.4, 0.5) is 13.2 Å². The number of alkyl halides is 2. The zero-order chi connectivity index (χ0) is 29.1. The van der Waals surface area contributed by atoms with E-state index in [1.54, 1.807) is 32.0 Å². The summed E-state index contributed by atoms with van der Waals surface area (Å²) in [6.07, 6.45) is -11.0. The molecule has 0 spiro atoms. The molecule has 0 aromatic heterocycles. The van der Waals surface area contributed by atoms with Crippen LogP contribution in [0.3, 0.4) is 0 Å². The number of carbonyl (C=O) groups is 3. The fourth-order valence-corrected chi connectivity index (χ4v) is 6.13. The van der Waals surface area contributed by atoms with Gasteiger partial charge in [-0.3, -0.25) is 19.3 Å². The number of nitrogens with one attached hydrogen (secondary N) is 1. The average Bonchev–Trinajstić information content (AvgIpc) is 3.11. The number of aliphatic hydroxyl groups excluding tert-OH is 2. The Morgan fingerprint density at radius 2 is 1.90 bits per heavy atom. The highest BCUT2D eigenvalue weighted by molar-refractivity contribution is 8.09. The van der Waals surface area contributed by atoms with Crippen molar-refractivity contribution in [1.29, 1.82) is 0 Å². The largest absolute Gasteiger partial charge is 0.462 e. The molecule has 3 rings (SSSR count). The SMILES string of the molecule is CC(C)OC(=O)[C@H](C)NP(=S)(OC[C@@]1(C(F)F)O[C@@H](N2C=C(F)C(=O)CC2=O)[C@H](O)[C@@H]1O)Oc1ccccc1. The highest BCUT2D eigenvalue weighted by Gasteiger charge is 2.62. The molecule has 1 aromatic carbocycles. The van der Waals surface area contributed by atoms with Crippen molar-refractivity contribution in [3.63, 3.8) is 0 Å². The number of aliphatic hydroxyl groups is 2. The number of allylic oxidation sites excluding steroid dienone is 1. The monoisotopic (exact) mass is 596 g/mol. The minimum Gasteiger partial charge on any atom is -0.462 e. The minimum atomic E-state index is -3.88. The molecule has 2 heterocycles. The van der Waals surface area contributed by atoms with E-state index in [-0.39, 0.29) is 5.75 Å². The van der Waals surface area contributed by atoms with E-state index in [1.165, 1.54) is 19.1 Å². The first-order valence-corrected chi connectivity index (χ1v) is 14.3. The maximum absolute atomic E-state index is 14.5. The third-order valence-corrected chi connectivity index (χ3v) is 8.18. The van der Waals surface area contributed by atoms with Gasteiger partial charge in [0.25, 0.3) is 6.43 Å². The van der Waals surface area contributed by atoms with Gasteiger partial charge in [0, 0.05) is 6.20 Å². The van der Waals surface area contributed by atoms with E-state index in [0.29, 0.717) is 11.1 Å². The van der Waals surface area contributed by atoms with Crippen molar-refractivity contribution >= 4 is 36.1 Å². The Hall–Kier alpha value is -2.39. The fraction of sp³-hybridized carbons (Fsp3) is 0.522. The summed E-state index contributed by atoms with van der Waals surface area (Å²) in [5, 5.41) is 23.8. The van der Waals surface area contributed by atoms with Crippen molar-refractivity contribution in [2.24, 2.45) is 0 Å². The molecule has 16 heteroatoms. The Balaban J connectivity index is 1.88. The summed E-state index contributed by atoms with van der Waals surface area (Å²) in [6.45, 7) is -0.438. The molecule has 216 valence electrons. The number of Topliss-reactive ketones (excluding diaryl/α,β-unsaturated/α-hetero) is 1. The van der Waals surface area contributed by atoms with Crippen LogP contribution >= 0.6 is 6.64 Å². The van der Waals surface area contributed by atoms with Crippen LogP contribution < -0.4 is 9.61 Å². The molecule has 3 N–H and O–H groups in total. The van der Waals surface area contributed by atoms with Crippen LogP contribution in [0.1, 0.15) is 27.2 Å².